The lowest BCUT2D eigenvalue weighted by Gasteiger charge is -2.32. The highest BCUT2D eigenvalue weighted by atomic mass is 16.5. The van der Waals surface area contributed by atoms with Crippen molar-refractivity contribution < 1.29 is 24.2 Å². The average Bonchev–Trinajstić information content (AvgIpc) is 3.19. The van der Waals surface area contributed by atoms with E-state index in [0.717, 1.165) is 28.7 Å². The van der Waals surface area contributed by atoms with Crippen LogP contribution < -0.4 is 10.6 Å². The van der Waals surface area contributed by atoms with Gasteiger partial charge in [0.25, 0.3) is 0 Å². The second-order valence-electron chi connectivity index (χ2n) is 9.35. The van der Waals surface area contributed by atoms with Crippen LogP contribution in [0.5, 0.6) is 0 Å². The highest BCUT2D eigenvalue weighted by molar-refractivity contribution is 5.92. The molecule has 0 aromatic heterocycles. The van der Waals surface area contributed by atoms with E-state index in [0.29, 0.717) is 19.3 Å². The number of hydrogen-bond acceptors (Lipinski definition) is 4. The van der Waals surface area contributed by atoms with Gasteiger partial charge in [-0.05, 0) is 47.4 Å². The van der Waals surface area contributed by atoms with Crippen molar-refractivity contribution in [2.75, 3.05) is 6.61 Å². The van der Waals surface area contributed by atoms with Gasteiger partial charge in [0.2, 0.25) is 5.91 Å². The molecule has 2 atom stereocenters. The summed E-state index contributed by atoms with van der Waals surface area (Å²) in [5.74, 6) is -1.54. The molecule has 0 fully saturated rings. The quantitative estimate of drug-likeness (QED) is 0.416. The minimum Gasteiger partial charge on any atom is -0.480 e. The lowest BCUT2D eigenvalue weighted by Crippen LogP contribution is -2.61. The van der Waals surface area contributed by atoms with E-state index in [1.807, 2.05) is 50.2 Å². The van der Waals surface area contributed by atoms with Gasteiger partial charge >= 0.3 is 12.1 Å². The lowest BCUT2D eigenvalue weighted by atomic mass is 9.90. The minimum atomic E-state index is -1.26. The number of carbonyl (C=O) groups is 3. The first-order chi connectivity index (χ1) is 16.8. The molecule has 2 aromatic carbocycles. The summed E-state index contributed by atoms with van der Waals surface area (Å²) in [7, 11) is 0. The van der Waals surface area contributed by atoms with E-state index in [4.69, 9.17) is 4.74 Å². The van der Waals surface area contributed by atoms with Gasteiger partial charge in [0.1, 0.15) is 18.2 Å². The Morgan fingerprint density at radius 2 is 1.51 bits per heavy atom. The number of rotatable bonds is 11. The minimum absolute atomic E-state index is 0.0912. The SMILES string of the molecule is CCC(C)CC(NC(=O)C(CC)(CC)NC(=O)OCC1c2ccccc2-c2ccccc21)C(=O)O. The van der Waals surface area contributed by atoms with E-state index in [2.05, 4.69) is 22.8 Å². The summed E-state index contributed by atoms with van der Waals surface area (Å²) >= 11 is 0. The summed E-state index contributed by atoms with van der Waals surface area (Å²) in [5, 5.41) is 15.0. The molecule has 2 unspecified atom stereocenters. The zero-order chi connectivity index (χ0) is 25.6. The summed E-state index contributed by atoms with van der Waals surface area (Å²) in [6, 6.07) is 15.1. The first-order valence-corrected chi connectivity index (χ1v) is 12.4. The highest BCUT2D eigenvalue weighted by Crippen LogP contribution is 2.44. The molecule has 2 aromatic rings. The summed E-state index contributed by atoms with van der Waals surface area (Å²) in [5.41, 5.74) is 3.21. The summed E-state index contributed by atoms with van der Waals surface area (Å²) in [6.45, 7) is 7.64. The Kier molecular flexibility index (Phi) is 8.54. The number of aliphatic carboxylic acids is 1. The Balaban J connectivity index is 1.70. The van der Waals surface area contributed by atoms with Crippen LogP contribution in [0.15, 0.2) is 48.5 Å². The topological polar surface area (TPSA) is 105 Å². The Labute approximate surface area is 207 Å². The molecule has 7 heteroatoms. The van der Waals surface area contributed by atoms with E-state index in [1.165, 1.54) is 0 Å². The molecule has 3 N–H and O–H groups in total. The van der Waals surface area contributed by atoms with Gasteiger partial charge in [0.15, 0.2) is 0 Å². The van der Waals surface area contributed by atoms with Crippen molar-refractivity contribution >= 4 is 18.0 Å². The molecule has 188 valence electrons. The normalized spacial score (nSPS) is 14.4. The predicted molar refractivity (Wildman–Crippen MR) is 135 cm³/mol. The highest BCUT2D eigenvalue weighted by Gasteiger charge is 2.39. The van der Waals surface area contributed by atoms with Crippen molar-refractivity contribution in [1.29, 1.82) is 0 Å². The first-order valence-electron chi connectivity index (χ1n) is 12.4. The molecular formula is C28H36N2O5. The van der Waals surface area contributed by atoms with Crippen molar-refractivity contribution in [1.82, 2.24) is 10.6 Å². The van der Waals surface area contributed by atoms with Gasteiger partial charge in [-0.3, -0.25) is 4.79 Å². The molecule has 35 heavy (non-hydrogen) atoms. The van der Waals surface area contributed by atoms with Crippen molar-refractivity contribution in [3.8, 4) is 11.1 Å². The summed E-state index contributed by atoms with van der Waals surface area (Å²) < 4.78 is 5.64. The molecule has 2 amide bonds. The van der Waals surface area contributed by atoms with Crippen LogP contribution in [-0.4, -0.2) is 41.3 Å². The zero-order valence-electron chi connectivity index (χ0n) is 21.0. The van der Waals surface area contributed by atoms with Crippen LogP contribution in [0.25, 0.3) is 11.1 Å². The number of benzene rings is 2. The van der Waals surface area contributed by atoms with Crippen molar-refractivity contribution in [3.05, 3.63) is 59.7 Å². The third-order valence-corrected chi connectivity index (χ3v) is 7.27. The fourth-order valence-electron chi connectivity index (χ4n) is 4.72. The van der Waals surface area contributed by atoms with Crippen molar-refractivity contribution in [2.45, 2.75) is 70.9 Å². The number of carboxylic acids is 1. The van der Waals surface area contributed by atoms with Gasteiger partial charge in [-0.15, -0.1) is 0 Å². The second kappa shape index (κ2) is 11.4. The Bertz CT molecular complexity index is 1020. The molecule has 0 radical (unpaired) electrons. The molecule has 0 aliphatic heterocycles. The number of nitrogens with one attached hydrogen (secondary N) is 2. The smallest absolute Gasteiger partial charge is 0.408 e. The second-order valence-corrected chi connectivity index (χ2v) is 9.35. The molecule has 0 bridgehead atoms. The van der Waals surface area contributed by atoms with E-state index in [-0.39, 0.29) is 18.4 Å². The molecule has 0 saturated heterocycles. The van der Waals surface area contributed by atoms with Gasteiger partial charge in [0.05, 0.1) is 0 Å². The number of alkyl carbamates (subject to hydrolysis) is 1. The van der Waals surface area contributed by atoms with Gasteiger partial charge in [-0.1, -0.05) is 82.6 Å². The Morgan fingerprint density at radius 3 is 2.00 bits per heavy atom. The van der Waals surface area contributed by atoms with Crippen molar-refractivity contribution in [2.24, 2.45) is 5.92 Å². The molecule has 0 heterocycles. The van der Waals surface area contributed by atoms with Crippen LogP contribution in [0, 0.1) is 5.92 Å². The van der Waals surface area contributed by atoms with E-state index in [9.17, 15) is 19.5 Å². The molecule has 0 spiro atoms. The largest absolute Gasteiger partial charge is 0.480 e. The summed E-state index contributed by atoms with van der Waals surface area (Å²) in [6.07, 6.45) is 1.04. The number of fused-ring (bicyclic) bond motifs is 3. The van der Waals surface area contributed by atoms with E-state index in [1.54, 1.807) is 13.8 Å². The fourth-order valence-corrected chi connectivity index (χ4v) is 4.72. The summed E-state index contributed by atoms with van der Waals surface area (Å²) in [4.78, 5) is 37.8. The van der Waals surface area contributed by atoms with Crippen LogP contribution in [-0.2, 0) is 14.3 Å². The average molecular weight is 481 g/mol. The van der Waals surface area contributed by atoms with E-state index < -0.39 is 29.6 Å². The van der Waals surface area contributed by atoms with Crippen LogP contribution in [0.4, 0.5) is 4.79 Å². The monoisotopic (exact) mass is 480 g/mol. The molecule has 1 aliphatic carbocycles. The molecular weight excluding hydrogens is 444 g/mol. The van der Waals surface area contributed by atoms with Crippen LogP contribution in [0.1, 0.15) is 70.4 Å². The van der Waals surface area contributed by atoms with Crippen LogP contribution >= 0.6 is 0 Å². The maximum atomic E-state index is 13.2. The van der Waals surface area contributed by atoms with Crippen LogP contribution in [0.3, 0.4) is 0 Å². The molecule has 1 aliphatic rings. The third kappa shape index (κ3) is 5.66. The predicted octanol–water partition coefficient (Wildman–Crippen LogP) is 5.09. The number of ether oxygens (including phenoxy) is 1. The van der Waals surface area contributed by atoms with Gasteiger partial charge in [-0.25, -0.2) is 9.59 Å². The number of hydrogen-bond donors (Lipinski definition) is 3. The molecule has 3 rings (SSSR count). The standard InChI is InChI=1S/C28H36N2O5/c1-5-18(4)16-24(25(31)32)29-26(33)28(6-2,7-3)30-27(34)35-17-23-21-14-10-8-12-19(21)20-13-9-11-15-22(20)23/h8-15,18,23-24H,5-7,16-17H2,1-4H3,(H,29,33)(H,30,34)(H,31,32). The molecule has 0 saturated carbocycles. The Morgan fingerprint density at radius 1 is 0.971 bits per heavy atom. The van der Waals surface area contributed by atoms with Gasteiger partial charge in [0, 0.05) is 5.92 Å². The number of carbonyl (C=O) groups excluding carboxylic acids is 2. The van der Waals surface area contributed by atoms with Crippen molar-refractivity contribution in [3.63, 3.8) is 0 Å². The third-order valence-electron chi connectivity index (χ3n) is 7.27. The first kappa shape index (κ1) is 26.3. The number of amides is 2. The lowest BCUT2D eigenvalue weighted by molar-refractivity contribution is -0.143. The van der Waals surface area contributed by atoms with E-state index >= 15 is 0 Å². The maximum Gasteiger partial charge on any atom is 0.408 e. The fraction of sp³-hybridized carbons (Fsp3) is 0.464. The zero-order valence-corrected chi connectivity index (χ0v) is 21.0. The van der Waals surface area contributed by atoms with Gasteiger partial charge in [-0.2, -0.15) is 0 Å². The van der Waals surface area contributed by atoms with Crippen LogP contribution in [0.2, 0.25) is 0 Å². The Hall–Kier alpha value is -3.35. The number of carboxylic acid groups (broad SMARTS) is 1. The van der Waals surface area contributed by atoms with Gasteiger partial charge < -0.3 is 20.5 Å². The molecule has 7 nitrogen and oxygen atoms in total. The maximum absolute atomic E-state index is 13.2.